The molecule has 0 bridgehead atoms. The molecule has 0 atom stereocenters. The van der Waals surface area contributed by atoms with Crippen molar-refractivity contribution in [3.63, 3.8) is 0 Å². The maximum absolute atomic E-state index is 11.9. The summed E-state index contributed by atoms with van der Waals surface area (Å²) in [5.74, 6) is 0.854. The molecule has 1 rings (SSSR count). The highest BCUT2D eigenvalue weighted by Gasteiger charge is 2.19. The maximum atomic E-state index is 11.9. The molecule has 0 aliphatic rings. The molecule has 0 fully saturated rings. The zero-order valence-electron chi connectivity index (χ0n) is 14.8. The van der Waals surface area contributed by atoms with E-state index in [1.807, 2.05) is 0 Å². The fourth-order valence-corrected chi connectivity index (χ4v) is 1.92. The summed E-state index contributed by atoms with van der Waals surface area (Å²) in [4.78, 5) is 11.9. The number of esters is 1. The first-order valence-corrected chi connectivity index (χ1v) is 8.15. The molecular weight excluding hydrogens is 320 g/mol. The quantitative estimate of drug-likeness (QED) is 0.302. The molecular formula is C20H26O5. The van der Waals surface area contributed by atoms with Gasteiger partial charge >= 0.3 is 5.97 Å². The molecule has 0 radical (unpaired) electrons. The number of hydrogen-bond acceptors (Lipinski definition) is 5. The first-order valence-electron chi connectivity index (χ1n) is 8.15. The van der Waals surface area contributed by atoms with E-state index in [0.29, 0.717) is 61.9 Å². The van der Waals surface area contributed by atoms with Gasteiger partial charge in [-0.3, -0.25) is 0 Å². The lowest BCUT2D eigenvalue weighted by Gasteiger charge is -2.17. The monoisotopic (exact) mass is 346 g/mol. The lowest BCUT2D eigenvalue weighted by molar-refractivity contribution is 0.0599. The number of carbonyl (C=O) groups is 1. The van der Waals surface area contributed by atoms with Crippen molar-refractivity contribution in [1.82, 2.24) is 0 Å². The van der Waals surface area contributed by atoms with Crippen LogP contribution in [0.4, 0.5) is 0 Å². The highest BCUT2D eigenvalue weighted by Crippen LogP contribution is 2.39. The van der Waals surface area contributed by atoms with Crippen LogP contribution >= 0.6 is 0 Å². The second-order valence-electron chi connectivity index (χ2n) is 5.07. The molecule has 136 valence electrons. The van der Waals surface area contributed by atoms with Crippen molar-refractivity contribution in [3.8, 4) is 17.2 Å². The van der Waals surface area contributed by atoms with Gasteiger partial charge in [0.05, 0.1) is 32.5 Å². The van der Waals surface area contributed by atoms with Crippen LogP contribution in [-0.2, 0) is 4.74 Å². The minimum Gasteiger partial charge on any atom is -0.489 e. The van der Waals surface area contributed by atoms with Gasteiger partial charge in [0.25, 0.3) is 0 Å². The van der Waals surface area contributed by atoms with Crippen LogP contribution in [0, 0.1) is 0 Å². The van der Waals surface area contributed by atoms with E-state index in [-0.39, 0.29) is 0 Å². The van der Waals surface area contributed by atoms with E-state index >= 15 is 0 Å². The third kappa shape index (κ3) is 6.75. The zero-order chi connectivity index (χ0) is 18.5. The van der Waals surface area contributed by atoms with E-state index in [4.69, 9.17) is 18.9 Å². The van der Waals surface area contributed by atoms with E-state index in [2.05, 4.69) is 19.7 Å². The van der Waals surface area contributed by atoms with Crippen LogP contribution in [0.3, 0.4) is 0 Å². The standard InChI is InChI=1S/C20H26O5/c1-5-8-11-23-17-14-16(20(21)22-4)15-18(24-12-9-6-2)19(17)25-13-10-7-3/h5-7,14-15H,1-3,8-13H2,4H3. The molecule has 0 saturated carbocycles. The molecule has 0 N–H and O–H groups in total. The molecule has 0 aromatic heterocycles. The molecule has 0 amide bonds. The minimum absolute atomic E-state index is 0.334. The van der Waals surface area contributed by atoms with Gasteiger partial charge in [-0.2, -0.15) is 0 Å². The second kappa shape index (κ2) is 11.8. The van der Waals surface area contributed by atoms with Crippen LogP contribution < -0.4 is 14.2 Å². The summed E-state index contributed by atoms with van der Waals surface area (Å²) in [5, 5.41) is 0. The number of carbonyl (C=O) groups excluding carboxylic acids is 1. The number of ether oxygens (including phenoxy) is 4. The van der Waals surface area contributed by atoms with E-state index in [1.54, 1.807) is 30.4 Å². The molecule has 25 heavy (non-hydrogen) atoms. The summed E-state index contributed by atoms with van der Waals surface area (Å²) in [6.07, 6.45) is 7.28. The smallest absolute Gasteiger partial charge is 0.338 e. The van der Waals surface area contributed by atoms with E-state index in [0.717, 1.165) is 0 Å². The Morgan fingerprint density at radius 1 is 0.880 bits per heavy atom. The number of hydrogen-bond donors (Lipinski definition) is 0. The van der Waals surface area contributed by atoms with Gasteiger partial charge in [0.2, 0.25) is 5.75 Å². The Balaban J connectivity index is 3.20. The third-order valence-electron chi connectivity index (χ3n) is 3.17. The fraction of sp³-hybridized carbons (Fsp3) is 0.350. The van der Waals surface area contributed by atoms with E-state index in [1.165, 1.54) is 7.11 Å². The summed E-state index contributed by atoms with van der Waals surface area (Å²) in [6, 6.07) is 3.19. The summed E-state index contributed by atoms with van der Waals surface area (Å²) in [5.41, 5.74) is 0.334. The zero-order valence-corrected chi connectivity index (χ0v) is 14.8. The summed E-state index contributed by atoms with van der Waals surface area (Å²) in [7, 11) is 1.33. The molecule has 0 saturated heterocycles. The molecule has 0 spiro atoms. The van der Waals surface area contributed by atoms with Crippen LogP contribution in [0.5, 0.6) is 17.2 Å². The Morgan fingerprint density at radius 2 is 1.32 bits per heavy atom. The summed E-state index contributed by atoms with van der Waals surface area (Å²) in [6.45, 7) is 12.3. The molecule has 0 unspecified atom stereocenters. The van der Waals surface area contributed by atoms with Crippen molar-refractivity contribution in [3.05, 3.63) is 55.7 Å². The Morgan fingerprint density at radius 3 is 1.72 bits per heavy atom. The van der Waals surface area contributed by atoms with Gasteiger partial charge in [0.1, 0.15) is 0 Å². The van der Waals surface area contributed by atoms with Crippen molar-refractivity contribution in [2.45, 2.75) is 19.3 Å². The Hall–Kier alpha value is -2.69. The second-order valence-corrected chi connectivity index (χ2v) is 5.07. The number of methoxy groups -OCH3 is 1. The predicted octanol–water partition coefficient (Wildman–Crippen LogP) is 4.34. The third-order valence-corrected chi connectivity index (χ3v) is 3.17. The van der Waals surface area contributed by atoms with Crippen LogP contribution in [-0.4, -0.2) is 32.9 Å². The molecule has 0 aliphatic carbocycles. The lowest BCUT2D eigenvalue weighted by atomic mass is 10.2. The van der Waals surface area contributed by atoms with Gasteiger partial charge in [0.15, 0.2) is 11.5 Å². The molecule has 1 aromatic carbocycles. The van der Waals surface area contributed by atoms with Crippen LogP contribution in [0.15, 0.2) is 50.1 Å². The Labute approximate surface area is 149 Å². The average Bonchev–Trinajstić information content (AvgIpc) is 2.63. The fourth-order valence-electron chi connectivity index (χ4n) is 1.92. The van der Waals surface area contributed by atoms with E-state index < -0.39 is 5.97 Å². The number of benzene rings is 1. The highest BCUT2D eigenvalue weighted by atomic mass is 16.5. The Bertz CT molecular complexity index is 557. The predicted molar refractivity (Wildman–Crippen MR) is 98.7 cm³/mol. The Kier molecular flexibility index (Phi) is 9.60. The molecule has 5 heteroatoms. The van der Waals surface area contributed by atoms with Crippen molar-refractivity contribution in [2.75, 3.05) is 26.9 Å². The average molecular weight is 346 g/mol. The van der Waals surface area contributed by atoms with Gasteiger partial charge in [-0.1, -0.05) is 18.2 Å². The van der Waals surface area contributed by atoms with Crippen LogP contribution in [0.1, 0.15) is 29.6 Å². The first kappa shape index (κ1) is 20.4. The SMILES string of the molecule is C=CCCOc1cc(C(=O)OC)cc(OCCC=C)c1OCCC=C. The van der Waals surface area contributed by atoms with Gasteiger partial charge in [-0.25, -0.2) is 4.79 Å². The highest BCUT2D eigenvalue weighted by molar-refractivity contribution is 5.91. The summed E-state index contributed by atoms with van der Waals surface area (Å²) < 4.78 is 22.1. The van der Waals surface area contributed by atoms with Crippen molar-refractivity contribution < 1.29 is 23.7 Å². The van der Waals surface area contributed by atoms with Crippen LogP contribution in [0.25, 0.3) is 0 Å². The first-order chi connectivity index (χ1) is 12.2. The lowest BCUT2D eigenvalue weighted by Crippen LogP contribution is -2.08. The topological polar surface area (TPSA) is 54.0 Å². The summed E-state index contributed by atoms with van der Waals surface area (Å²) >= 11 is 0. The molecule has 0 aliphatic heterocycles. The largest absolute Gasteiger partial charge is 0.489 e. The van der Waals surface area contributed by atoms with Crippen molar-refractivity contribution in [1.29, 1.82) is 0 Å². The minimum atomic E-state index is -0.472. The maximum Gasteiger partial charge on any atom is 0.338 e. The van der Waals surface area contributed by atoms with Crippen LogP contribution in [0.2, 0.25) is 0 Å². The molecule has 0 heterocycles. The van der Waals surface area contributed by atoms with Crippen molar-refractivity contribution in [2.24, 2.45) is 0 Å². The number of rotatable bonds is 13. The normalized spacial score (nSPS) is 9.80. The van der Waals surface area contributed by atoms with E-state index in [9.17, 15) is 4.79 Å². The van der Waals surface area contributed by atoms with Gasteiger partial charge < -0.3 is 18.9 Å². The van der Waals surface area contributed by atoms with Crippen molar-refractivity contribution >= 4 is 5.97 Å². The molecule has 1 aromatic rings. The molecule has 5 nitrogen and oxygen atoms in total. The van der Waals surface area contributed by atoms with Gasteiger partial charge in [-0.05, 0) is 31.4 Å². The van der Waals surface area contributed by atoms with Gasteiger partial charge in [-0.15, -0.1) is 19.7 Å². The van der Waals surface area contributed by atoms with Gasteiger partial charge in [0, 0.05) is 0 Å².